The Hall–Kier alpha value is -1.87. The molecule has 1 amide bonds. The molecule has 1 aliphatic carbocycles. The topological polar surface area (TPSA) is 61.8 Å². The molecule has 4 rings (SSSR count). The largest absolute Gasteiger partial charge is 0.504 e. The standard InChI is InChI=1S/C25H29IN2O3S/c1-3-31-21-14-17(13-19(26)23(21)29)15-22-24(30)28(20-12-8-7-9-16(20)2)25(32-22)27-18-10-5-4-6-11-18/h4-6,10-11,13-16,20,25,27,29H,3,7-9,12H2,1-2H3/b22-15-/t16-,20+,25?/m0/s1. The highest BCUT2D eigenvalue weighted by atomic mass is 127. The Bertz CT molecular complexity index is 998. The van der Waals surface area contributed by atoms with E-state index in [9.17, 15) is 9.90 Å². The summed E-state index contributed by atoms with van der Waals surface area (Å²) >= 11 is 3.66. The lowest BCUT2D eigenvalue weighted by molar-refractivity contribution is -0.129. The van der Waals surface area contributed by atoms with Gasteiger partial charge in [-0.2, -0.15) is 0 Å². The molecular formula is C25H29IN2O3S. The number of hydrogen-bond donors (Lipinski definition) is 2. The van der Waals surface area contributed by atoms with Crippen molar-refractivity contribution in [1.82, 2.24) is 4.90 Å². The summed E-state index contributed by atoms with van der Waals surface area (Å²) in [5.41, 5.74) is 1.71. The van der Waals surface area contributed by atoms with Crippen LogP contribution in [0.25, 0.3) is 6.08 Å². The average Bonchev–Trinajstić information content (AvgIpc) is 3.07. The third-order valence-electron chi connectivity index (χ3n) is 6.07. The van der Waals surface area contributed by atoms with Crippen LogP contribution in [0.3, 0.4) is 0 Å². The smallest absolute Gasteiger partial charge is 0.262 e. The molecule has 0 aromatic heterocycles. The molecule has 5 nitrogen and oxygen atoms in total. The first-order valence-corrected chi connectivity index (χ1v) is 13.1. The van der Waals surface area contributed by atoms with Gasteiger partial charge in [0.05, 0.1) is 15.1 Å². The second-order valence-electron chi connectivity index (χ2n) is 8.31. The second kappa shape index (κ2) is 10.4. The predicted octanol–water partition coefficient (Wildman–Crippen LogP) is 6.29. The number of hydrogen-bond acceptors (Lipinski definition) is 5. The Kier molecular flexibility index (Phi) is 7.55. The van der Waals surface area contributed by atoms with Crippen LogP contribution < -0.4 is 10.1 Å². The van der Waals surface area contributed by atoms with Crippen molar-refractivity contribution in [3.8, 4) is 11.5 Å². The molecule has 2 aliphatic rings. The maximum atomic E-state index is 13.6. The summed E-state index contributed by atoms with van der Waals surface area (Å²) in [6.45, 7) is 4.62. The number of phenolic OH excluding ortho intramolecular Hbond substituents is 1. The van der Waals surface area contributed by atoms with Crippen LogP contribution >= 0.6 is 34.4 Å². The molecule has 0 spiro atoms. The number of anilines is 1. The van der Waals surface area contributed by atoms with E-state index in [0.717, 1.165) is 30.5 Å². The van der Waals surface area contributed by atoms with E-state index in [4.69, 9.17) is 4.74 Å². The number of thioether (sulfide) groups is 1. The molecule has 1 saturated heterocycles. The quantitative estimate of drug-likeness (QED) is 0.319. The molecule has 2 aromatic carbocycles. The maximum Gasteiger partial charge on any atom is 0.262 e. The molecule has 2 N–H and O–H groups in total. The van der Waals surface area contributed by atoms with Crippen molar-refractivity contribution in [2.45, 2.75) is 51.1 Å². The van der Waals surface area contributed by atoms with Crippen LogP contribution in [0.5, 0.6) is 11.5 Å². The van der Waals surface area contributed by atoms with Gasteiger partial charge in [0.1, 0.15) is 0 Å². The first-order valence-electron chi connectivity index (χ1n) is 11.2. The van der Waals surface area contributed by atoms with Gasteiger partial charge in [-0.1, -0.05) is 49.7 Å². The summed E-state index contributed by atoms with van der Waals surface area (Å²) < 4.78 is 6.28. The molecule has 170 valence electrons. The number of halogens is 1. The maximum absolute atomic E-state index is 13.6. The van der Waals surface area contributed by atoms with Crippen LogP contribution in [-0.4, -0.2) is 34.1 Å². The Morgan fingerprint density at radius 3 is 2.72 bits per heavy atom. The molecule has 2 fully saturated rings. The van der Waals surface area contributed by atoms with Gasteiger partial charge < -0.3 is 20.1 Å². The first-order chi connectivity index (χ1) is 15.5. The fraction of sp³-hybridized carbons (Fsp3) is 0.400. The van der Waals surface area contributed by atoms with Crippen LogP contribution in [-0.2, 0) is 4.79 Å². The van der Waals surface area contributed by atoms with Gasteiger partial charge in [-0.05, 0) is 84.2 Å². The molecule has 32 heavy (non-hydrogen) atoms. The fourth-order valence-electron chi connectivity index (χ4n) is 4.46. The number of rotatable bonds is 6. The van der Waals surface area contributed by atoms with E-state index in [1.165, 1.54) is 6.42 Å². The highest BCUT2D eigenvalue weighted by Gasteiger charge is 2.42. The normalized spacial score (nSPS) is 24.7. The molecule has 0 radical (unpaired) electrons. The van der Waals surface area contributed by atoms with Gasteiger partial charge in [0.2, 0.25) is 0 Å². The van der Waals surface area contributed by atoms with Crippen LogP contribution in [0.2, 0.25) is 0 Å². The number of benzene rings is 2. The number of phenols is 1. The van der Waals surface area contributed by atoms with Gasteiger partial charge in [-0.15, -0.1) is 0 Å². The summed E-state index contributed by atoms with van der Waals surface area (Å²) in [5, 5.41) is 13.8. The average molecular weight is 564 g/mol. The van der Waals surface area contributed by atoms with Gasteiger partial charge in [-0.25, -0.2) is 0 Å². The van der Waals surface area contributed by atoms with E-state index >= 15 is 0 Å². The lowest BCUT2D eigenvalue weighted by Gasteiger charge is -2.39. The summed E-state index contributed by atoms with van der Waals surface area (Å²) in [7, 11) is 0. The van der Waals surface area contributed by atoms with Gasteiger partial charge in [0, 0.05) is 11.7 Å². The number of aromatic hydroxyl groups is 1. The zero-order chi connectivity index (χ0) is 22.7. The molecule has 7 heteroatoms. The molecule has 2 aromatic rings. The Labute approximate surface area is 207 Å². The van der Waals surface area contributed by atoms with Crippen LogP contribution in [0, 0.1) is 9.49 Å². The third kappa shape index (κ3) is 5.03. The number of ether oxygens (including phenoxy) is 1. The van der Waals surface area contributed by atoms with Crippen molar-refractivity contribution in [2.75, 3.05) is 11.9 Å². The van der Waals surface area contributed by atoms with E-state index in [-0.39, 0.29) is 23.2 Å². The van der Waals surface area contributed by atoms with Gasteiger partial charge in [0.25, 0.3) is 5.91 Å². The number of carbonyl (C=O) groups excluding carboxylic acids is 1. The highest BCUT2D eigenvalue weighted by molar-refractivity contribution is 14.1. The number of nitrogens with one attached hydrogen (secondary N) is 1. The van der Waals surface area contributed by atoms with Gasteiger partial charge in [-0.3, -0.25) is 4.79 Å². The van der Waals surface area contributed by atoms with Crippen molar-refractivity contribution in [3.63, 3.8) is 0 Å². The monoisotopic (exact) mass is 564 g/mol. The molecule has 1 unspecified atom stereocenters. The van der Waals surface area contributed by atoms with E-state index in [0.29, 0.717) is 26.7 Å². The number of para-hydroxylation sites is 1. The van der Waals surface area contributed by atoms with Crippen molar-refractivity contribution >= 4 is 52.0 Å². The first kappa shape index (κ1) is 23.3. The molecule has 3 atom stereocenters. The molecule has 1 heterocycles. The summed E-state index contributed by atoms with van der Waals surface area (Å²) in [4.78, 5) is 16.4. The minimum absolute atomic E-state index is 0.0724. The van der Waals surface area contributed by atoms with Gasteiger partial charge in [0.15, 0.2) is 17.0 Å². The lowest BCUT2D eigenvalue weighted by atomic mass is 9.85. The minimum Gasteiger partial charge on any atom is -0.504 e. The third-order valence-corrected chi connectivity index (χ3v) is 8.01. The van der Waals surface area contributed by atoms with Crippen LogP contribution in [0.1, 0.15) is 45.1 Å². The summed E-state index contributed by atoms with van der Waals surface area (Å²) in [6.07, 6.45) is 6.51. The van der Waals surface area contributed by atoms with Crippen molar-refractivity contribution in [1.29, 1.82) is 0 Å². The van der Waals surface area contributed by atoms with Crippen LogP contribution in [0.4, 0.5) is 5.69 Å². The molecule has 1 saturated carbocycles. The molecule has 1 aliphatic heterocycles. The Balaban J connectivity index is 1.67. The van der Waals surface area contributed by atoms with Crippen molar-refractivity contribution in [2.24, 2.45) is 5.92 Å². The predicted molar refractivity (Wildman–Crippen MR) is 140 cm³/mol. The van der Waals surface area contributed by atoms with Crippen LogP contribution in [0.15, 0.2) is 47.4 Å². The zero-order valence-electron chi connectivity index (χ0n) is 18.4. The number of amides is 1. The summed E-state index contributed by atoms with van der Waals surface area (Å²) in [6, 6.07) is 14.0. The summed E-state index contributed by atoms with van der Waals surface area (Å²) in [5.74, 6) is 1.13. The lowest BCUT2D eigenvalue weighted by Crippen LogP contribution is -2.48. The Morgan fingerprint density at radius 1 is 1.25 bits per heavy atom. The highest BCUT2D eigenvalue weighted by Crippen LogP contribution is 2.43. The molecular weight excluding hydrogens is 535 g/mol. The van der Waals surface area contributed by atoms with E-state index in [1.54, 1.807) is 17.8 Å². The Morgan fingerprint density at radius 2 is 2.00 bits per heavy atom. The van der Waals surface area contributed by atoms with E-state index < -0.39 is 0 Å². The number of nitrogens with zero attached hydrogens (tertiary/aromatic N) is 1. The molecule has 0 bridgehead atoms. The van der Waals surface area contributed by atoms with Crippen molar-refractivity contribution in [3.05, 3.63) is 56.5 Å². The van der Waals surface area contributed by atoms with E-state index in [2.05, 4.69) is 39.7 Å². The number of carbonyl (C=O) groups is 1. The second-order valence-corrected chi connectivity index (χ2v) is 10.6. The SMILES string of the molecule is CCOc1cc(/C=C2\SC(Nc3ccccc3)N([C@@H]3CCCC[C@@H]3C)C2=O)cc(I)c1O. The fourth-order valence-corrected chi connectivity index (χ4v) is 6.30. The van der Waals surface area contributed by atoms with Crippen molar-refractivity contribution < 1.29 is 14.6 Å². The zero-order valence-corrected chi connectivity index (χ0v) is 21.4. The van der Waals surface area contributed by atoms with E-state index in [1.807, 2.05) is 49.4 Å². The van der Waals surface area contributed by atoms with Gasteiger partial charge >= 0.3 is 0 Å². The minimum atomic E-state index is -0.149.